The lowest BCUT2D eigenvalue weighted by Crippen LogP contribution is -2.21. The van der Waals surface area contributed by atoms with Crippen molar-refractivity contribution in [1.82, 2.24) is 15.2 Å². The lowest BCUT2D eigenvalue weighted by atomic mass is 10.5. The van der Waals surface area contributed by atoms with Crippen molar-refractivity contribution in [3.05, 3.63) is 39.2 Å². The van der Waals surface area contributed by atoms with E-state index in [0.717, 1.165) is 6.20 Å². The molecular weight excluding hydrogens is 222 g/mol. The summed E-state index contributed by atoms with van der Waals surface area (Å²) in [5.41, 5.74) is -1.08. The van der Waals surface area contributed by atoms with Crippen LogP contribution in [0.3, 0.4) is 0 Å². The molecule has 16 heavy (non-hydrogen) atoms. The van der Waals surface area contributed by atoms with Gasteiger partial charge in [0.25, 0.3) is 5.56 Å². The Labute approximate surface area is 87.1 Å². The first-order chi connectivity index (χ1) is 7.41. The van der Waals surface area contributed by atoms with Crippen molar-refractivity contribution in [2.75, 3.05) is 0 Å². The molecule has 9 nitrogen and oxygen atoms in total. The average molecular weight is 229 g/mol. The van der Waals surface area contributed by atoms with Crippen LogP contribution in [0.5, 0.6) is 0 Å². The molecule has 4 N–H and O–H groups in total. The number of nitrogens with one attached hydrogen (secondary N) is 2. The number of hydrogen-bond donors (Lipinski definition) is 4. The standard InChI is InChI=1S/C4H4O4.C3H3N3O2/c5-3(6)1-2-4(7)8;7-2-1-4-6-3(8)5-2/h1-2H,(H,5,6)(H,7,8);1H,(H2,5,6,7,8)/b2-1+;. The number of aliphatic carboxylic acids is 2. The predicted octanol–water partition coefficient (Wildman–Crippen LogP) is -1.83. The van der Waals surface area contributed by atoms with Crippen molar-refractivity contribution in [3.63, 3.8) is 0 Å². The van der Waals surface area contributed by atoms with Gasteiger partial charge in [-0.15, -0.1) is 0 Å². The number of carbonyl (C=O) groups is 2. The van der Waals surface area contributed by atoms with Gasteiger partial charge in [0.05, 0.1) is 0 Å². The number of aromatic nitrogens is 3. The Hall–Kier alpha value is -2.71. The molecule has 0 fully saturated rings. The summed E-state index contributed by atoms with van der Waals surface area (Å²) in [5.74, 6) is -2.51. The fraction of sp³-hybridized carbons (Fsp3) is 0. The Morgan fingerprint density at radius 3 is 1.94 bits per heavy atom. The monoisotopic (exact) mass is 229 g/mol. The van der Waals surface area contributed by atoms with Crippen LogP contribution in [0, 0.1) is 0 Å². The Kier molecular flexibility index (Phi) is 5.57. The molecule has 1 heterocycles. The molecule has 0 amide bonds. The molecule has 0 saturated heterocycles. The maximum atomic E-state index is 10.2. The molecule has 0 aliphatic carbocycles. The van der Waals surface area contributed by atoms with Crippen LogP contribution in [0.2, 0.25) is 0 Å². The number of rotatable bonds is 2. The lowest BCUT2D eigenvalue weighted by molar-refractivity contribution is -0.134. The van der Waals surface area contributed by atoms with Gasteiger partial charge in [0.2, 0.25) is 0 Å². The van der Waals surface area contributed by atoms with E-state index in [0.29, 0.717) is 12.2 Å². The highest BCUT2D eigenvalue weighted by molar-refractivity contribution is 5.89. The van der Waals surface area contributed by atoms with Crippen LogP contribution >= 0.6 is 0 Å². The summed E-state index contributed by atoms with van der Waals surface area (Å²) >= 11 is 0. The molecule has 0 atom stereocenters. The summed E-state index contributed by atoms with van der Waals surface area (Å²) in [5, 5.41) is 20.8. The molecule has 1 aromatic heterocycles. The largest absolute Gasteiger partial charge is 0.478 e. The van der Waals surface area contributed by atoms with E-state index in [1.165, 1.54) is 0 Å². The molecule has 0 spiro atoms. The smallest absolute Gasteiger partial charge is 0.342 e. The van der Waals surface area contributed by atoms with Crippen LogP contribution in [0.25, 0.3) is 0 Å². The van der Waals surface area contributed by atoms with Crippen LogP contribution in [-0.2, 0) is 9.59 Å². The van der Waals surface area contributed by atoms with Crippen molar-refractivity contribution >= 4 is 11.9 Å². The van der Waals surface area contributed by atoms with Crippen molar-refractivity contribution in [2.24, 2.45) is 0 Å². The number of hydrogen-bond acceptors (Lipinski definition) is 5. The Bertz CT molecular complexity index is 458. The topological polar surface area (TPSA) is 153 Å². The molecule has 9 heteroatoms. The van der Waals surface area contributed by atoms with Crippen LogP contribution in [0.1, 0.15) is 0 Å². The van der Waals surface area contributed by atoms with Crippen LogP contribution < -0.4 is 11.2 Å². The van der Waals surface area contributed by atoms with Gasteiger partial charge in [-0.05, 0) is 0 Å². The van der Waals surface area contributed by atoms with E-state index in [-0.39, 0.29) is 0 Å². The minimum absolute atomic E-state index is 0.492. The van der Waals surface area contributed by atoms with Gasteiger partial charge in [-0.2, -0.15) is 5.10 Å². The van der Waals surface area contributed by atoms with Gasteiger partial charge >= 0.3 is 17.6 Å². The molecule has 0 aliphatic heterocycles. The fourth-order valence-electron chi connectivity index (χ4n) is 0.464. The van der Waals surface area contributed by atoms with Gasteiger partial charge in [-0.1, -0.05) is 0 Å². The van der Waals surface area contributed by atoms with Gasteiger partial charge in [-0.3, -0.25) is 9.78 Å². The second-order valence-electron chi connectivity index (χ2n) is 2.20. The number of carboxylic acids is 2. The minimum Gasteiger partial charge on any atom is -0.478 e. The highest BCUT2D eigenvalue weighted by Gasteiger charge is 1.88. The zero-order valence-electron chi connectivity index (χ0n) is 7.71. The van der Waals surface area contributed by atoms with Crippen LogP contribution in [-0.4, -0.2) is 37.3 Å². The van der Waals surface area contributed by atoms with Gasteiger partial charge in [0, 0.05) is 12.2 Å². The Balaban J connectivity index is 0.000000281. The summed E-state index contributed by atoms with van der Waals surface area (Å²) in [6.07, 6.45) is 2.10. The van der Waals surface area contributed by atoms with E-state index in [1.54, 1.807) is 0 Å². The van der Waals surface area contributed by atoms with Crippen molar-refractivity contribution in [2.45, 2.75) is 0 Å². The highest BCUT2D eigenvalue weighted by Crippen LogP contribution is 1.70. The summed E-state index contributed by atoms with van der Waals surface area (Å²) in [4.78, 5) is 41.3. The number of aromatic amines is 2. The number of nitrogens with zero attached hydrogens (tertiary/aromatic N) is 1. The third-order valence-corrected chi connectivity index (χ3v) is 0.953. The maximum Gasteiger partial charge on any atom is 0.342 e. The fourth-order valence-corrected chi connectivity index (χ4v) is 0.464. The van der Waals surface area contributed by atoms with E-state index >= 15 is 0 Å². The van der Waals surface area contributed by atoms with Gasteiger partial charge < -0.3 is 10.2 Å². The van der Waals surface area contributed by atoms with Gasteiger partial charge in [-0.25, -0.2) is 19.5 Å². The quantitative estimate of drug-likeness (QED) is 0.435. The molecule has 0 aliphatic rings. The third-order valence-electron chi connectivity index (χ3n) is 0.953. The summed E-state index contributed by atoms with van der Waals surface area (Å²) < 4.78 is 0. The van der Waals surface area contributed by atoms with E-state index in [1.807, 2.05) is 10.1 Å². The van der Waals surface area contributed by atoms with Crippen molar-refractivity contribution in [1.29, 1.82) is 0 Å². The second-order valence-corrected chi connectivity index (χ2v) is 2.20. The maximum absolute atomic E-state index is 10.2. The molecule has 86 valence electrons. The number of H-pyrrole nitrogens is 2. The first kappa shape index (κ1) is 13.3. The average Bonchev–Trinajstić information content (AvgIpc) is 2.15. The molecule has 0 bridgehead atoms. The predicted molar refractivity (Wildman–Crippen MR) is 49.9 cm³/mol. The lowest BCUT2D eigenvalue weighted by Gasteiger charge is -1.74. The third kappa shape index (κ3) is 7.91. The first-order valence-electron chi connectivity index (χ1n) is 3.69. The van der Waals surface area contributed by atoms with Crippen molar-refractivity contribution in [3.8, 4) is 0 Å². The van der Waals surface area contributed by atoms with Gasteiger partial charge in [0.15, 0.2) is 0 Å². The Morgan fingerprint density at radius 1 is 1.19 bits per heavy atom. The molecule has 1 aromatic rings. The van der Waals surface area contributed by atoms with Crippen LogP contribution in [0.4, 0.5) is 0 Å². The van der Waals surface area contributed by atoms with Gasteiger partial charge in [0.1, 0.15) is 6.20 Å². The SMILES string of the molecule is O=C(O)/C=C/C(=O)O.O=c1cn[nH]c(=O)[nH]1. The summed E-state index contributed by atoms with van der Waals surface area (Å²) in [6.45, 7) is 0. The van der Waals surface area contributed by atoms with Crippen LogP contribution in [0.15, 0.2) is 27.9 Å². The van der Waals surface area contributed by atoms with E-state index in [4.69, 9.17) is 10.2 Å². The summed E-state index contributed by atoms with van der Waals surface area (Å²) in [7, 11) is 0. The zero-order valence-corrected chi connectivity index (χ0v) is 7.71. The van der Waals surface area contributed by atoms with Crippen molar-refractivity contribution < 1.29 is 19.8 Å². The van der Waals surface area contributed by atoms with E-state index in [9.17, 15) is 19.2 Å². The molecule has 0 saturated carbocycles. The summed E-state index contributed by atoms with van der Waals surface area (Å²) in [6, 6.07) is 0. The van der Waals surface area contributed by atoms with E-state index in [2.05, 4.69) is 5.10 Å². The molecule has 0 radical (unpaired) electrons. The zero-order chi connectivity index (χ0) is 12.6. The highest BCUT2D eigenvalue weighted by atomic mass is 16.4. The second kappa shape index (κ2) is 6.70. The number of carboxylic acid groups (broad SMARTS) is 2. The normalized spacial score (nSPS) is 9.25. The molecule has 0 aromatic carbocycles. The molecular formula is C7H7N3O6. The molecule has 0 unspecified atom stereocenters. The molecule has 1 rings (SSSR count). The first-order valence-corrected chi connectivity index (χ1v) is 3.69. The Morgan fingerprint density at radius 2 is 1.69 bits per heavy atom. The van der Waals surface area contributed by atoms with E-state index < -0.39 is 23.2 Å². The minimum atomic E-state index is -1.26.